The van der Waals surface area contributed by atoms with Crippen molar-refractivity contribution in [3.63, 3.8) is 0 Å². The number of fused-ring (bicyclic) bond motifs is 1. The second-order valence-corrected chi connectivity index (χ2v) is 5.96. The molecule has 0 aliphatic rings. The molecule has 2 heterocycles. The highest BCUT2D eigenvalue weighted by Crippen LogP contribution is 2.30. The Labute approximate surface area is 137 Å². The molecular weight excluding hydrogens is 306 g/mol. The predicted octanol–water partition coefficient (Wildman–Crippen LogP) is 4.58. The van der Waals surface area contributed by atoms with Gasteiger partial charge in [0.1, 0.15) is 11.4 Å². The summed E-state index contributed by atoms with van der Waals surface area (Å²) in [6, 6.07) is 20.1. The molecule has 0 radical (unpaired) electrons. The highest BCUT2D eigenvalue weighted by molar-refractivity contribution is 7.98. The Balaban J connectivity index is 1.66. The van der Waals surface area contributed by atoms with Crippen molar-refractivity contribution >= 4 is 23.0 Å². The Morgan fingerprint density at radius 2 is 1.61 bits per heavy atom. The summed E-state index contributed by atoms with van der Waals surface area (Å²) in [4.78, 5) is 13.1. The van der Waals surface area contributed by atoms with Crippen LogP contribution in [0.4, 0.5) is 0 Å². The minimum atomic E-state index is 0.523. The quantitative estimate of drug-likeness (QED) is 0.407. The lowest BCUT2D eigenvalue weighted by Crippen LogP contribution is -1.86. The number of aromatic nitrogens is 3. The van der Waals surface area contributed by atoms with Crippen LogP contribution in [0.2, 0.25) is 0 Å². The molecule has 0 N–H and O–H groups in total. The monoisotopic (exact) mass is 319 g/mol. The largest absolute Gasteiger partial charge is 0.418 e. The van der Waals surface area contributed by atoms with E-state index in [0.717, 1.165) is 16.3 Å². The summed E-state index contributed by atoms with van der Waals surface area (Å²) in [5.41, 5.74) is 3.42. The van der Waals surface area contributed by atoms with Crippen molar-refractivity contribution in [2.24, 2.45) is 0 Å². The van der Waals surface area contributed by atoms with Crippen LogP contribution in [-0.2, 0) is 5.75 Å². The maximum absolute atomic E-state index is 5.77. The van der Waals surface area contributed by atoms with Crippen molar-refractivity contribution in [2.45, 2.75) is 10.8 Å². The van der Waals surface area contributed by atoms with Gasteiger partial charge in [0.25, 0.3) is 5.71 Å². The molecular formula is C18H13N3OS. The minimum absolute atomic E-state index is 0.523. The minimum Gasteiger partial charge on any atom is -0.418 e. The molecule has 0 saturated carbocycles. The molecule has 0 bridgehead atoms. The van der Waals surface area contributed by atoms with Gasteiger partial charge in [0.15, 0.2) is 5.52 Å². The Morgan fingerprint density at radius 1 is 0.870 bits per heavy atom. The predicted molar refractivity (Wildman–Crippen MR) is 91.0 cm³/mol. The van der Waals surface area contributed by atoms with E-state index in [0.29, 0.717) is 17.1 Å². The Morgan fingerprint density at radius 3 is 2.39 bits per heavy atom. The van der Waals surface area contributed by atoms with Crippen molar-refractivity contribution in [2.75, 3.05) is 0 Å². The maximum Gasteiger partial charge on any atom is 0.251 e. The summed E-state index contributed by atoms with van der Waals surface area (Å²) >= 11 is 1.64. The smallest absolute Gasteiger partial charge is 0.251 e. The first kappa shape index (κ1) is 14.0. The molecule has 0 fully saturated rings. The molecule has 4 nitrogen and oxygen atoms in total. The van der Waals surface area contributed by atoms with E-state index in [9.17, 15) is 0 Å². The highest BCUT2D eigenvalue weighted by Gasteiger charge is 2.13. The lowest BCUT2D eigenvalue weighted by molar-refractivity contribution is 0.606. The van der Waals surface area contributed by atoms with Gasteiger partial charge >= 0.3 is 0 Å². The molecule has 0 atom stereocenters. The van der Waals surface area contributed by atoms with E-state index >= 15 is 0 Å². The van der Waals surface area contributed by atoms with Gasteiger partial charge in [-0.25, -0.2) is 9.97 Å². The average Bonchev–Trinajstić information content (AvgIpc) is 3.06. The second-order valence-electron chi connectivity index (χ2n) is 4.99. The van der Waals surface area contributed by atoms with Crippen LogP contribution in [0.3, 0.4) is 0 Å². The number of hydrogen-bond donors (Lipinski definition) is 0. The topological polar surface area (TPSA) is 51.8 Å². The van der Waals surface area contributed by atoms with Gasteiger partial charge in [0.2, 0.25) is 5.89 Å². The van der Waals surface area contributed by atoms with Gasteiger partial charge in [0, 0.05) is 11.3 Å². The Bertz CT molecular complexity index is 923. The standard InChI is InChI=1S/C18H13N3OS/c1-3-7-13(8-4-1)11-23-18-15-17(19-12-20-18)22-16(21-15)14-9-5-2-6-10-14/h1-10,12H,11H2. The van der Waals surface area contributed by atoms with E-state index < -0.39 is 0 Å². The number of oxazole rings is 1. The third-order valence-corrected chi connectivity index (χ3v) is 4.45. The van der Waals surface area contributed by atoms with Crippen LogP contribution in [0.15, 0.2) is 76.4 Å². The van der Waals surface area contributed by atoms with E-state index in [2.05, 4.69) is 27.1 Å². The van der Waals surface area contributed by atoms with Gasteiger partial charge in [-0.15, -0.1) is 0 Å². The molecule has 23 heavy (non-hydrogen) atoms. The summed E-state index contributed by atoms with van der Waals surface area (Å²) in [6.07, 6.45) is 1.52. The number of thioether (sulfide) groups is 1. The van der Waals surface area contributed by atoms with Crippen LogP contribution in [0.5, 0.6) is 0 Å². The van der Waals surface area contributed by atoms with Crippen molar-refractivity contribution < 1.29 is 4.42 Å². The van der Waals surface area contributed by atoms with E-state index in [1.807, 2.05) is 48.5 Å². The summed E-state index contributed by atoms with van der Waals surface area (Å²) in [5.74, 6) is 1.41. The molecule has 0 unspecified atom stereocenters. The van der Waals surface area contributed by atoms with Crippen molar-refractivity contribution in [3.8, 4) is 11.5 Å². The third-order valence-electron chi connectivity index (χ3n) is 3.40. The second kappa shape index (κ2) is 6.22. The van der Waals surface area contributed by atoms with Gasteiger partial charge < -0.3 is 4.42 Å². The van der Waals surface area contributed by atoms with Gasteiger partial charge in [-0.1, -0.05) is 60.3 Å². The first-order valence-corrected chi connectivity index (χ1v) is 8.22. The average molecular weight is 319 g/mol. The Kier molecular flexibility index (Phi) is 3.78. The summed E-state index contributed by atoms with van der Waals surface area (Å²) in [6.45, 7) is 0. The van der Waals surface area contributed by atoms with Gasteiger partial charge in [-0.2, -0.15) is 4.98 Å². The van der Waals surface area contributed by atoms with E-state index in [-0.39, 0.29) is 0 Å². The lowest BCUT2D eigenvalue weighted by atomic mass is 10.2. The number of hydrogen-bond acceptors (Lipinski definition) is 5. The summed E-state index contributed by atoms with van der Waals surface area (Å²) in [5, 5.41) is 0.838. The van der Waals surface area contributed by atoms with Gasteiger partial charge in [0.05, 0.1) is 0 Å². The van der Waals surface area contributed by atoms with Crippen LogP contribution in [-0.4, -0.2) is 15.0 Å². The fourth-order valence-electron chi connectivity index (χ4n) is 2.27. The molecule has 0 aliphatic carbocycles. The van der Waals surface area contributed by atoms with Crippen LogP contribution < -0.4 is 0 Å². The van der Waals surface area contributed by atoms with Crippen LogP contribution in [0, 0.1) is 0 Å². The molecule has 5 heteroatoms. The zero-order chi connectivity index (χ0) is 15.5. The molecule has 2 aromatic carbocycles. The molecule has 0 spiro atoms. The molecule has 2 aromatic heterocycles. The van der Waals surface area contributed by atoms with Crippen molar-refractivity contribution in [1.82, 2.24) is 15.0 Å². The van der Waals surface area contributed by atoms with Crippen molar-refractivity contribution in [1.29, 1.82) is 0 Å². The first-order chi connectivity index (χ1) is 11.4. The maximum atomic E-state index is 5.77. The first-order valence-electron chi connectivity index (χ1n) is 7.24. The SMILES string of the molecule is c1ccc(CSc2ncnc3oc(-c4ccccc4)nc23)cc1. The lowest BCUT2D eigenvalue weighted by Gasteiger charge is -2.00. The van der Waals surface area contributed by atoms with Crippen LogP contribution >= 0.6 is 11.8 Å². The molecule has 0 amide bonds. The molecule has 4 rings (SSSR count). The van der Waals surface area contributed by atoms with Crippen molar-refractivity contribution in [3.05, 3.63) is 72.6 Å². The Hall–Kier alpha value is -2.66. The molecule has 4 aromatic rings. The van der Waals surface area contributed by atoms with Gasteiger partial charge in [-0.3, -0.25) is 0 Å². The van der Waals surface area contributed by atoms with E-state index in [1.54, 1.807) is 11.8 Å². The van der Waals surface area contributed by atoms with Crippen LogP contribution in [0.25, 0.3) is 22.7 Å². The van der Waals surface area contributed by atoms with Gasteiger partial charge in [-0.05, 0) is 17.7 Å². The number of nitrogens with zero attached hydrogens (tertiary/aromatic N) is 3. The van der Waals surface area contributed by atoms with E-state index in [1.165, 1.54) is 11.9 Å². The fraction of sp³-hybridized carbons (Fsp3) is 0.0556. The molecule has 0 saturated heterocycles. The molecule has 112 valence electrons. The zero-order valence-corrected chi connectivity index (χ0v) is 13.0. The number of benzene rings is 2. The summed E-state index contributed by atoms with van der Waals surface area (Å²) in [7, 11) is 0. The normalized spacial score (nSPS) is 11.0. The van der Waals surface area contributed by atoms with Crippen LogP contribution in [0.1, 0.15) is 5.56 Å². The fourth-order valence-corrected chi connectivity index (χ4v) is 3.16. The third kappa shape index (κ3) is 2.96. The zero-order valence-electron chi connectivity index (χ0n) is 12.2. The molecule has 0 aliphatic heterocycles. The highest BCUT2D eigenvalue weighted by atomic mass is 32.2. The number of rotatable bonds is 4. The summed E-state index contributed by atoms with van der Waals surface area (Å²) < 4.78 is 5.77. The van der Waals surface area contributed by atoms with E-state index in [4.69, 9.17) is 4.42 Å².